The van der Waals surface area contributed by atoms with Crippen molar-refractivity contribution in [3.63, 3.8) is 0 Å². The van der Waals surface area contributed by atoms with E-state index in [4.69, 9.17) is 0 Å². The first-order valence-electron chi connectivity index (χ1n) is 7.16. The van der Waals surface area contributed by atoms with Gasteiger partial charge in [-0.2, -0.15) is 0 Å². The van der Waals surface area contributed by atoms with Crippen LogP contribution in [0.4, 0.5) is 5.69 Å². The van der Waals surface area contributed by atoms with Crippen molar-refractivity contribution in [1.29, 1.82) is 0 Å². The number of anilines is 1. The minimum absolute atomic E-state index is 0.107. The van der Waals surface area contributed by atoms with Gasteiger partial charge in [-0.05, 0) is 32.4 Å². The van der Waals surface area contributed by atoms with Crippen LogP contribution in [0.3, 0.4) is 0 Å². The summed E-state index contributed by atoms with van der Waals surface area (Å²) in [5, 5.41) is 9.70. The molecular formula is C15H25N3O2. The highest BCUT2D eigenvalue weighted by Crippen LogP contribution is 2.17. The number of nitrogens with zero attached hydrogens (tertiary/aromatic N) is 3. The molecule has 0 saturated heterocycles. The number of carbonyl (C=O) groups is 1. The van der Waals surface area contributed by atoms with E-state index in [1.54, 1.807) is 11.1 Å². The summed E-state index contributed by atoms with van der Waals surface area (Å²) >= 11 is 0. The van der Waals surface area contributed by atoms with E-state index < -0.39 is 6.10 Å². The third-order valence-electron chi connectivity index (χ3n) is 3.43. The molecule has 1 amide bonds. The standard InChI is InChI=1S/C15H25N3O2/c1-5-14(19)13-9-8-12(10-16-13)17(4)11-15(20)18(6-2)7-3/h8-10,14,19H,5-7,11H2,1-4H3. The fourth-order valence-corrected chi connectivity index (χ4v) is 2.00. The molecule has 0 bridgehead atoms. The molecule has 1 aromatic rings. The summed E-state index contributed by atoms with van der Waals surface area (Å²) in [4.78, 5) is 20.0. The largest absolute Gasteiger partial charge is 0.387 e. The SMILES string of the molecule is CCC(O)c1ccc(N(C)CC(=O)N(CC)CC)cn1. The summed E-state index contributed by atoms with van der Waals surface area (Å²) in [6.07, 6.45) is 1.82. The molecule has 0 aliphatic heterocycles. The second-order valence-corrected chi connectivity index (χ2v) is 4.79. The predicted octanol–water partition coefficient (Wildman–Crippen LogP) is 1.83. The minimum atomic E-state index is -0.522. The van der Waals surface area contributed by atoms with Crippen LogP contribution in [0.15, 0.2) is 18.3 Å². The first-order chi connectivity index (χ1) is 9.53. The number of pyridine rings is 1. The normalized spacial score (nSPS) is 12.1. The maximum Gasteiger partial charge on any atom is 0.242 e. The molecule has 1 rings (SSSR count). The first-order valence-corrected chi connectivity index (χ1v) is 7.16. The lowest BCUT2D eigenvalue weighted by Crippen LogP contribution is -2.38. The average molecular weight is 279 g/mol. The molecule has 5 heteroatoms. The third kappa shape index (κ3) is 4.20. The molecule has 1 unspecified atom stereocenters. The summed E-state index contributed by atoms with van der Waals surface area (Å²) in [6.45, 7) is 7.65. The van der Waals surface area contributed by atoms with Gasteiger partial charge in [-0.1, -0.05) is 6.92 Å². The van der Waals surface area contributed by atoms with E-state index in [0.29, 0.717) is 18.7 Å². The number of carbonyl (C=O) groups excluding carboxylic acids is 1. The van der Waals surface area contributed by atoms with Gasteiger partial charge in [-0.3, -0.25) is 9.78 Å². The van der Waals surface area contributed by atoms with Crippen LogP contribution in [0, 0.1) is 0 Å². The van der Waals surface area contributed by atoms with E-state index in [0.717, 1.165) is 18.8 Å². The van der Waals surface area contributed by atoms with Crippen molar-refractivity contribution in [3.05, 3.63) is 24.0 Å². The summed E-state index contributed by atoms with van der Waals surface area (Å²) in [5.74, 6) is 0.107. The Kier molecular flexibility index (Phi) is 6.45. The van der Waals surface area contributed by atoms with Crippen LogP contribution in [-0.2, 0) is 4.79 Å². The monoisotopic (exact) mass is 279 g/mol. The van der Waals surface area contributed by atoms with Crippen LogP contribution in [0.25, 0.3) is 0 Å². The lowest BCUT2D eigenvalue weighted by atomic mass is 10.2. The molecular weight excluding hydrogens is 254 g/mol. The molecule has 0 saturated carbocycles. The highest BCUT2D eigenvalue weighted by atomic mass is 16.3. The van der Waals surface area contributed by atoms with Crippen LogP contribution in [0.1, 0.15) is 39.0 Å². The number of likely N-dealkylation sites (N-methyl/N-ethyl adjacent to an activating group) is 2. The Labute approximate surface area is 121 Å². The summed E-state index contributed by atoms with van der Waals surface area (Å²) in [6, 6.07) is 3.69. The maximum atomic E-state index is 12.0. The van der Waals surface area contributed by atoms with Gasteiger partial charge < -0.3 is 14.9 Å². The maximum absolute atomic E-state index is 12.0. The molecule has 0 radical (unpaired) electrons. The van der Waals surface area contributed by atoms with Gasteiger partial charge in [0.15, 0.2) is 0 Å². The second kappa shape index (κ2) is 7.85. The molecule has 1 atom stereocenters. The predicted molar refractivity (Wildman–Crippen MR) is 80.7 cm³/mol. The number of aliphatic hydroxyl groups excluding tert-OH is 1. The zero-order valence-corrected chi connectivity index (χ0v) is 12.8. The Morgan fingerprint density at radius 1 is 1.30 bits per heavy atom. The van der Waals surface area contributed by atoms with E-state index in [2.05, 4.69) is 4.98 Å². The van der Waals surface area contributed by atoms with Crippen molar-refractivity contribution in [2.24, 2.45) is 0 Å². The van der Waals surface area contributed by atoms with E-state index in [1.807, 2.05) is 44.9 Å². The van der Waals surface area contributed by atoms with Gasteiger partial charge in [0, 0.05) is 20.1 Å². The number of hydrogen-bond acceptors (Lipinski definition) is 4. The van der Waals surface area contributed by atoms with Crippen molar-refractivity contribution in [3.8, 4) is 0 Å². The van der Waals surface area contributed by atoms with E-state index in [1.165, 1.54) is 0 Å². The number of aromatic nitrogens is 1. The Hall–Kier alpha value is -1.62. The zero-order valence-electron chi connectivity index (χ0n) is 12.8. The molecule has 20 heavy (non-hydrogen) atoms. The van der Waals surface area contributed by atoms with E-state index in [9.17, 15) is 9.90 Å². The Morgan fingerprint density at radius 3 is 2.40 bits per heavy atom. The highest BCUT2D eigenvalue weighted by Gasteiger charge is 2.13. The second-order valence-electron chi connectivity index (χ2n) is 4.79. The average Bonchev–Trinajstić information content (AvgIpc) is 2.47. The summed E-state index contributed by atoms with van der Waals surface area (Å²) in [5.41, 5.74) is 1.54. The van der Waals surface area contributed by atoms with E-state index >= 15 is 0 Å². The van der Waals surface area contributed by atoms with Gasteiger partial charge in [0.2, 0.25) is 5.91 Å². The smallest absolute Gasteiger partial charge is 0.242 e. The van der Waals surface area contributed by atoms with Crippen LogP contribution >= 0.6 is 0 Å². The number of amides is 1. The molecule has 0 aliphatic rings. The minimum Gasteiger partial charge on any atom is -0.387 e. The molecule has 112 valence electrons. The number of aliphatic hydroxyl groups is 1. The van der Waals surface area contributed by atoms with Crippen LogP contribution in [0.2, 0.25) is 0 Å². The fourth-order valence-electron chi connectivity index (χ4n) is 2.00. The van der Waals surface area contributed by atoms with Crippen molar-refractivity contribution in [2.75, 3.05) is 31.6 Å². The van der Waals surface area contributed by atoms with Crippen molar-refractivity contribution >= 4 is 11.6 Å². The quantitative estimate of drug-likeness (QED) is 0.827. The Bertz CT molecular complexity index is 416. The van der Waals surface area contributed by atoms with Crippen LogP contribution < -0.4 is 4.90 Å². The summed E-state index contributed by atoms with van der Waals surface area (Å²) in [7, 11) is 1.87. The van der Waals surface area contributed by atoms with Crippen LogP contribution in [-0.4, -0.2) is 47.6 Å². The van der Waals surface area contributed by atoms with Crippen LogP contribution in [0.5, 0.6) is 0 Å². The number of rotatable bonds is 7. The molecule has 0 aliphatic carbocycles. The third-order valence-corrected chi connectivity index (χ3v) is 3.43. The summed E-state index contributed by atoms with van der Waals surface area (Å²) < 4.78 is 0. The van der Waals surface area contributed by atoms with Gasteiger partial charge in [-0.25, -0.2) is 0 Å². The topological polar surface area (TPSA) is 56.7 Å². The van der Waals surface area contributed by atoms with Gasteiger partial charge in [0.05, 0.1) is 30.2 Å². The van der Waals surface area contributed by atoms with Gasteiger partial charge >= 0.3 is 0 Å². The molecule has 0 fully saturated rings. The zero-order chi connectivity index (χ0) is 15.1. The Morgan fingerprint density at radius 2 is 1.95 bits per heavy atom. The molecule has 1 heterocycles. The van der Waals surface area contributed by atoms with Gasteiger partial charge in [-0.15, -0.1) is 0 Å². The molecule has 0 spiro atoms. The lowest BCUT2D eigenvalue weighted by molar-refractivity contribution is -0.129. The highest BCUT2D eigenvalue weighted by molar-refractivity contribution is 5.81. The van der Waals surface area contributed by atoms with E-state index in [-0.39, 0.29) is 5.91 Å². The van der Waals surface area contributed by atoms with Crippen molar-refractivity contribution in [2.45, 2.75) is 33.3 Å². The fraction of sp³-hybridized carbons (Fsp3) is 0.600. The van der Waals surface area contributed by atoms with Crippen molar-refractivity contribution in [1.82, 2.24) is 9.88 Å². The number of hydrogen-bond donors (Lipinski definition) is 1. The van der Waals surface area contributed by atoms with Gasteiger partial charge in [0.1, 0.15) is 0 Å². The molecule has 1 aromatic heterocycles. The molecule has 5 nitrogen and oxygen atoms in total. The molecule has 0 aromatic carbocycles. The first kappa shape index (κ1) is 16.4. The molecule has 1 N–H and O–H groups in total. The Balaban J connectivity index is 2.68. The van der Waals surface area contributed by atoms with Gasteiger partial charge in [0.25, 0.3) is 0 Å². The lowest BCUT2D eigenvalue weighted by Gasteiger charge is -2.24. The van der Waals surface area contributed by atoms with Crippen molar-refractivity contribution < 1.29 is 9.90 Å².